The highest BCUT2D eigenvalue weighted by Gasteiger charge is 2.01. The Kier molecular flexibility index (Phi) is 3.11. The van der Waals surface area contributed by atoms with Crippen molar-refractivity contribution in [3.8, 4) is 0 Å². The number of hydrogen-bond donors (Lipinski definition) is 1. The molecule has 1 aromatic carbocycles. The summed E-state index contributed by atoms with van der Waals surface area (Å²) >= 11 is 0. The van der Waals surface area contributed by atoms with Gasteiger partial charge in [0.2, 0.25) is 0 Å². The average molecular weight is 249 g/mol. The van der Waals surface area contributed by atoms with Crippen LogP contribution in [0.2, 0.25) is 0 Å². The van der Waals surface area contributed by atoms with Crippen LogP contribution in [-0.4, -0.2) is 9.97 Å². The number of benzene rings is 1. The Labute approximate surface area is 112 Å². The van der Waals surface area contributed by atoms with E-state index in [1.54, 1.807) is 0 Å². The second-order valence-electron chi connectivity index (χ2n) is 4.50. The van der Waals surface area contributed by atoms with Gasteiger partial charge in [-0.15, -0.1) is 0 Å². The first-order valence-electron chi connectivity index (χ1n) is 6.33. The van der Waals surface area contributed by atoms with Crippen LogP contribution in [-0.2, 0) is 6.54 Å². The van der Waals surface area contributed by atoms with Crippen LogP contribution >= 0.6 is 0 Å². The lowest BCUT2D eigenvalue weighted by Gasteiger charge is -2.08. The van der Waals surface area contributed by atoms with Crippen LogP contribution in [0, 0.1) is 6.92 Å². The summed E-state index contributed by atoms with van der Waals surface area (Å²) in [5, 5.41) is 5.69. The highest BCUT2D eigenvalue weighted by Crippen LogP contribution is 2.20. The van der Waals surface area contributed by atoms with E-state index in [1.165, 1.54) is 5.39 Å². The number of nitrogens with one attached hydrogen (secondary N) is 1. The summed E-state index contributed by atoms with van der Waals surface area (Å²) in [6, 6.07) is 16.3. The van der Waals surface area contributed by atoms with Crippen molar-refractivity contribution in [1.82, 2.24) is 9.97 Å². The van der Waals surface area contributed by atoms with E-state index in [1.807, 2.05) is 49.5 Å². The van der Waals surface area contributed by atoms with E-state index in [4.69, 9.17) is 0 Å². The van der Waals surface area contributed by atoms with Gasteiger partial charge in [-0.25, -0.2) is 4.98 Å². The van der Waals surface area contributed by atoms with Gasteiger partial charge in [-0.2, -0.15) is 0 Å². The van der Waals surface area contributed by atoms with Gasteiger partial charge in [0.25, 0.3) is 0 Å². The van der Waals surface area contributed by atoms with Crippen molar-refractivity contribution in [3.05, 3.63) is 66.1 Å². The zero-order chi connectivity index (χ0) is 13.1. The summed E-state index contributed by atoms with van der Waals surface area (Å²) in [5.41, 5.74) is 2.06. The molecule has 0 atom stereocenters. The highest BCUT2D eigenvalue weighted by molar-refractivity contribution is 5.91. The minimum absolute atomic E-state index is 0.683. The molecule has 19 heavy (non-hydrogen) atoms. The SMILES string of the molecule is Cc1cccc(CNc2nccc3ccccc23)n1. The maximum absolute atomic E-state index is 4.48. The topological polar surface area (TPSA) is 37.8 Å². The second kappa shape index (κ2) is 5.06. The van der Waals surface area contributed by atoms with Crippen molar-refractivity contribution in [2.45, 2.75) is 13.5 Å². The molecule has 0 spiro atoms. The average Bonchev–Trinajstić information content (AvgIpc) is 2.45. The van der Waals surface area contributed by atoms with Crippen molar-refractivity contribution in [1.29, 1.82) is 0 Å². The van der Waals surface area contributed by atoms with Gasteiger partial charge in [0, 0.05) is 17.3 Å². The van der Waals surface area contributed by atoms with Gasteiger partial charge < -0.3 is 5.32 Å². The molecule has 0 saturated carbocycles. The number of anilines is 1. The maximum Gasteiger partial charge on any atom is 0.134 e. The van der Waals surface area contributed by atoms with Crippen molar-refractivity contribution in [2.24, 2.45) is 0 Å². The Morgan fingerprint density at radius 2 is 1.89 bits per heavy atom. The number of aryl methyl sites for hydroxylation is 1. The second-order valence-corrected chi connectivity index (χ2v) is 4.50. The van der Waals surface area contributed by atoms with Gasteiger partial charge in [-0.05, 0) is 30.5 Å². The molecule has 0 saturated heterocycles. The number of hydrogen-bond acceptors (Lipinski definition) is 3. The molecule has 0 amide bonds. The predicted octanol–water partition coefficient (Wildman–Crippen LogP) is 3.55. The number of nitrogens with zero attached hydrogens (tertiary/aromatic N) is 2. The third-order valence-corrected chi connectivity index (χ3v) is 3.06. The van der Waals surface area contributed by atoms with Crippen molar-refractivity contribution in [2.75, 3.05) is 5.32 Å². The molecule has 0 aliphatic rings. The van der Waals surface area contributed by atoms with Gasteiger partial charge in [0.15, 0.2) is 0 Å². The Bertz CT molecular complexity index is 702. The van der Waals surface area contributed by atoms with Gasteiger partial charge in [0.05, 0.1) is 12.2 Å². The van der Waals surface area contributed by atoms with Crippen molar-refractivity contribution in [3.63, 3.8) is 0 Å². The zero-order valence-corrected chi connectivity index (χ0v) is 10.8. The first-order valence-corrected chi connectivity index (χ1v) is 6.33. The fraction of sp³-hybridized carbons (Fsp3) is 0.125. The summed E-state index contributed by atoms with van der Waals surface area (Å²) < 4.78 is 0. The number of fused-ring (bicyclic) bond motifs is 1. The van der Waals surface area contributed by atoms with Gasteiger partial charge >= 0.3 is 0 Å². The van der Waals surface area contributed by atoms with Crippen LogP contribution in [0.15, 0.2) is 54.7 Å². The Hall–Kier alpha value is -2.42. The van der Waals surface area contributed by atoms with Crippen LogP contribution in [0.25, 0.3) is 10.8 Å². The molecule has 3 heteroatoms. The van der Waals surface area contributed by atoms with E-state index < -0.39 is 0 Å². The standard InChI is InChI=1S/C16H15N3/c1-12-5-4-7-14(19-12)11-18-16-15-8-3-2-6-13(15)9-10-17-16/h2-10H,11H2,1H3,(H,17,18). The number of aromatic nitrogens is 2. The lowest BCUT2D eigenvalue weighted by Crippen LogP contribution is -2.04. The molecule has 2 aromatic heterocycles. The first-order chi connectivity index (χ1) is 9.33. The maximum atomic E-state index is 4.48. The molecule has 94 valence electrons. The van der Waals surface area contributed by atoms with E-state index in [0.29, 0.717) is 6.54 Å². The third kappa shape index (κ3) is 2.55. The third-order valence-electron chi connectivity index (χ3n) is 3.06. The molecule has 1 N–H and O–H groups in total. The van der Waals surface area contributed by atoms with Crippen LogP contribution in [0.4, 0.5) is 5.82 Å². The van der Waals surface area contributed by atoms with Crippen LogP contribution in [0.3, 0.4) is 0 Å². The fourth-order valence-corrected chi connectivity index (χ4v) is 2.13. The monoisotopic (exact) mass is 249 g/mol. The summed E-state index contributed by atoms with van der Waals surface area (Å²) in [6.07, 6.45) is 1.83. The molecule has 0 fully saturated rings. The van der Waals surface area contributed by atoms with Gasteiger partial charge in [0.1, 0.15) is 5.82 Å². The molecule has 0 aliphatic carbocycles. The van der Waals surface area contributed by atoms with E-state index in [9.17, 15) is 0 Å². The lowest BCUT2D eigenvalue weighted by atomic mass is 10.1. The molecule has 0 unspecified atom stereocenters. The zero-order valence-electron chi connectivity index (χ0n) is 10.8. The molecule has 3 aromatic rings. The predicted molar refractivity (Wildman–Crippen MR) is 78.0 cm³/mol. The minimum Gasteiger partial charge on any atom is -0.364 e. The highest BCUT2D eigenvalue weighted by atomic mass is 15.0. The number of rotatable bonds is 3. The summed E-state index contributed by atoms with van der Waals surface area (Å²) in [5.74, 6) is 0.904. The molecule has 2 heterocycles. The van der Waals surface area contributed by atoms with Crippen molar-refractivity contribution < 1.29 is 0 Å². The molecular weight excluding hydrogens is 234 g/mol. The van der Waals surface area contributed by atoms with E-state index >= 15 is 0 Å². The normalized spacial score (nSPS) is 10.6. The first kappa shape index (κ1) is 11.7. The molecule has 3 rings (SSSR count). The number of pyridine rings is 2. The van der Waals surface area contributed by atoms with Crippen molar-refractivity contribution >= 4 is 16.6 Å². The van der Waals surface area contributed by atoms with Crippen LogP contribution in [0.1, 0.15) is 11.4 Å². The largest absolute Gasteiger partial charge is 0.364 e. The molecule has 3 nitrogen and oxygen atoms in total. The van der Waals surface area contributed by atoms with E-state index in [0.717, 1.165) is 22.6 Å². The molecule has 0 aliphatic heterocycles. The smallest absolute Gasteiger partial charge is 0.134 e. The Morgan fingerprint density at radius 1 is 1.00 bits per heavy atom. The Morgan fingerprint density at radius 3 is 2.79 bits per heavy atom. The molecule has 0 bridgehead atoms. The Balaban J connectivity index is 1.86. The molecular formula is C16H15N3. The summed E-state index contributed by atoms with van der Waals surface area (Å²) in [4.78, 5) is 8.88. The van der Waals surface area contributed by atoms with Gasteiger partial charge in [-0.1, -0.05) is 30.3 Å². The van der Waals surface area contributed by atoms with Gasteiger partial charge in [-0.3, -0.25) is 4.98 Å². The van der Waals surface area contributed by atoms with E-state index in [-0.39, 0.29) is 0 Å². The van der Waals surface area contributed by atoms with E-state index in [2.05, 4.69) is 27.4 Å². The quantitative estimate of drug-likeness (QED) is 0.771. The minimum atomic E-state index is 0.683. The van der Waals surface area contributed by atoms with Crippen LogP contribution < -0.4 is 5.32 Å². The molecule has 0 radical (unpaired) electrons. The fourth-order valence-electron chi connectivity index (χ4n) is 2.13. The summed E-state index contributed by atoms with van der Waals surface area (Å²) in [7, 11) is 0. The lowest BCUT2D eigenvalue weighted by molar-refractivity contribution is 1.01. The summed E-state index contributed by atoms with van der Waals surface area (Å²) in [6.45, 7) is 2.68. The van der Waals surface area contributed by atoms with Crippen LogP contribution in [0.5, 0.6) is 0 Å².